The molecule has 1 aliphatic heterocycles. The highest BCUT2D eigenvalue weighted by atomic mass is 35.5. The highest BCUT2D eigenvalue weighted by molar-refractivity contribution is 6.35. The fourth-order valence-electron chi connectivity index (χ4n) is 4.25. The summed E-state index contributed by atoms with van der Waals surface area (Å²) in [6.07, 6.45) is 1.84. The van der Waals surface area contributed by atoms with Crippen LogP contribution in [0.5, 0.6) is 0 Å². The maximum Gasteiger partial charge on any atom is 0.251 e. The van der Waals surface area contributed by atoms with Gasteiger partial charge in [0.15, 0.2) is 5.69 Å². The van der Waals surface area contributed by atoms with E-state index in [2.05, 4.69) is 15.1 Å². The maximum absolute atomic E-state index is 12.6. The van der Waals surface area contributed by atoms with Crippen molar-refractivity contribution >= 4 is 52.1 Å². The molecule has 7 heteroatoms. The van der Waals surface area contributed by atoms with Crippen LogP contribution in [0, 0.1) is 12.5 Å². The average Bonchev–Trinajstić information content (AvgIpc) is 2.83. The second-order valence-corrected chi connectivity index (χ2v) is 9.40. The lowest BCUT2D eigenvalue weighted by Crippen LogP contribution is -2.42. The lowest BCUT2D eigenvalue weighted by Gasteiger charge is -2.42. The minimum Gasteiger partial charge on any atom is -0.364 e. The van der Waals surface area contributed by atoms with E-state index in [1.54, 1.807) is 30.3 Å². The van der Waals surface area contributed by atoms with Gasteiger partial charge < -0.3 is 10.2 Å². The number of nitrogens with one attached hydrogen (secondary N) is 1. The van der Waals surface area contributed by atoms with Crippen molar-refractivity contribution in [3.8, 4) is 0 Å². The minimum atomic E-state index is -0.132. The van der Waals surface area contributed by atoms with Gasteiger partial charge in [0.05, 0.1) is 12.6 Å². The molecule has 1 N–H and O–H groups in total. The number of nitrogens with zero attached hydrogens (tertiary/aromatic N) is 2. The van der Waals surface area contributed by atoms with Crippen LogP contribution in [-0.2, 0) is 0 Å². The van der Waals surface area contributed by atoms with Gasteiger partial charge in [0, 0.05) is 39.4 Å². The monoisotopic (exact) mass is 497 g/mol. The van der Waals surface area contributed by atoms with Crippen LogP contribution in [-0.4, -0.2) is 19.0 Å². The third kappa shape index (κ3) is 5.62. The van der Waals surface area contributed by atoms with E-state index in [4.69, 9.17) is 41.4 Å². The predicted molar refractivity (Wildman–Crippen MR) is 136 cm³/mol. The first-order valence-corrected chi connectivity index (χ1v) is 11.8. The molecule has 1 amide bonds. The van der Waals surface area contributed by atoms with Crippen LogP contribution in [0.25, 0.3) is 4.85 Å². The summed E-state index contributed by atoms with van der Waals surface area (Å²) in [6, 6.07) is 20.2. The van der Waals surface area contributed by atoms with Crippen LogP contribution in [0.4, 0.5) is 11.4 Å². The van der Waals surface area contributed by atoms with Gasteiger partial charge in [-0.2, -0.15) is 0 Å². The zero-order valence-corrected chi connectivity index (χ0v) is 20.0. The molecule has 33 heavy (non-hydrogen) atoms. The Morgan fingerprint density at radius 3 is 2.33 bits per heavy atom. The Bertz CT molecular complexity index is 1170. The van der Waals surface area contributed by atoms with Crippen LogP contribution in [0.2, 0.25) is 15.1 Å². The molecule has 0 aromatic heterocycles. The molecule has 1 heterocycles. The average molecular weight is 499 g/mol. The van der Waals surface area contributed by atoms with E-state index in [9.17, 15) is 4.79 Å². The summed E-state index contributed by atoms with van der Waals surface area (Å²) in [5, 5.41) is 5.01. The summed E-state index contributed by atoms with van der Waals surface area (Å²) < 4.78 is 0. The number of anilines is 1. The maximum atomic E-state index is 12.6. The molecule has 0 saturated carbocycles. The summed E-state index contributed by atoms with van der Waals surface area (Å²) in [5.41, 5.74) is 3.17. The summed E-state index contributed by atoms with van der Waals surface area (Å²) >= 11 is 18.8. The van der Waals surface area contributed by atoms with Crippen molar-refractivity contribution in [2.45, 2.75) is 18.9 Å². The van der Waals surface area contributed by atoms with E-state index in [-0.39, 0.29) is 17.9 Å². The molecule has 3 aromatic rings. The standard InChI is InChI=1S/C26H22Cl3N3O/c1-30-21-8-3-18(4-9-21)26(33)31-15-17-2-13-25(23-12-7-20(28)14-24(23)29)32(16-17)22-10-5-19(27)6-11-22/h3-12,14,17,25H,2,13,15-16H2,(H,31,33). The molecule has 4 rings (SSSR count). The van der Waals surface area contributed by atoms with Crippen molar-refractivity contribution in [3.05, 3.63) is 104 Å². The minimum absolute atomic E-state index is 0.101. The van der Waals surface area contributed by atoms with Gasteiger partial charge in [-0.15, -0.1) is 0 Å². The van der Waals surface area contributed by atoms with Gasteiger partial charge in [0.2, 0.25) is 0 Å². The van der Waals surface area contributed by atoms with E-state index in [1.807, 2.05) is 36.4 Å². The molecular weight excluding hydrogens is 477 g/mol. The molecule has 1 aliphatic rings. The number of hydrogen-bond acceptors (Lipinski definition) is 2. The van der Waals surface area contributed by atoms with E-state index < -0.39 is 0 Å². The summed E-state index contributed by atoms with van der Waals surface area (Å²) in [6.45, 7) is 8.37. The van der Waals surface area contributed by atoms with Gasteiger partial charge >= 0.3 is 0 Å². The van der Waals surface area contributed by atoms with Gasteiger partial charge in [0.1, 0.15) is 0 Å². The Balaban J connectivity index is 1.50. The molecule has 3 aromatic carbocycles. The molecule has 0 radical (unpaired) electrons. The zero-order chi connectivity index (χ0) is 23.4. The first-order chi connectivity index (χ1) is 15.9. The quantitative estimate of drug-likeness (QED) is 0.368. The fourth-order valence-corrected chi connectivity index (χ4v) is 4.91. The lowest BCUT2D eigenvalue weighted by molar-refractivity contribution is 0.0945. The zero-order valence-electron chi connectivity index (χ0n) is 17.8. The number of piperidine rings is 1. The molecule has 4 nitrogen and oxygen atoms in total. The number of carbonyl (C=O) groups is 1. The van der Waals surface area contributed by atoms with Crippen molar-refractivity contribution in [1.82, 2.24) is 5.32 Å². The van der Waals surface area contributed by atoms with Crippen molar-refractivity contribution in [2.24, 2.45) is 5.92 Å². The molecule has 168 valence electrons. The van der Waals surface area contributed by atoms with Crippen molar-refractivity contribution in [1.29, 1.82) is 0 Å². The molecule has 2 atom stereocenters. The van der Waals surface area contributed by atoms with Crippen LogP contribution >= 0.6 is 34.8 Å². The largest absolute Gasteiger partial charge is 0.364 e. The number of hydrogen-bond donors (Lipinski definition) is 1. The van der Waals surface area contributed by atoms with Gasteiger partial charge in [0.25, 0.3) is 5.91 Å². The molecule has 0 spiro atoms. The Kier molecular flexibility index (Phi) is 7.45. The molecule has 1 fully saturated rings. The van der Waals surface area contributed by atoms with E-state index in [1.165, 1.54) is 0 Å². The van der Waals surface area contributed by atoms with Gasteiger partial charge in [-0.25, -0.2) is 4.85 Å². The molecule has 2 unspecified atom stereocenters. The van der Waals surface area contributed by atoms with Crippen LogP contribution in [0.15, 0.2) is 66.7 Å². The molecule has 0 bridgehead atoms. The number of rotatable bonds is 5. The Morgan fingerprint density at radius 2 is 1.67 bits per heavy atom. The summed E-state index contributed by atoms with van der Waals surface area (Å²) in [7, 11) is 0. The fraction of sp³-hybridized carbons (Fsp3) is 0.231. The second kappa shape index (κ2) is 10.5. The highest BCUT2D eigenvalue weighted by Crippen LogP contribution is 2.40. The van der Waals surface area contributed by atoms with Crippen molar-refractivity contribution in [2.75, 3.05) is 18.0 Å². The SMILES string of the molecule is [C-]#[N+]c1ccc(C(=O)NCC2CCC(c3ccc(Cl)cc3Cl)N(c3ccc(Cl)cc3)C2)cc1. The normalized spacial score (nSPS) is 17.9. The van der Waals surface area contributed by atoms with Crippen molar-refractivity contribution in [3.63, 3.8) is 0 Å². The Hall–Kier alpha value is -2.71. The first-order valence-electron chi connectivity index (χ1n) is 10.7. The second-order valence-electron chi connectivity index (χ2n) is 8.12. The van der Waals surface area contributed by atoms with E-state index >= 15 is 0 Å². The highest BCUT2D eigenvalue weighted by Gasteiger charge is 2.31. The number of halogens is 3. The third-order valence-electron chi connectivity index (χ3n) is 5.97. The van der Waals surface area contributed by atoms with Gasteiger partial charge in [-0.05, 0) is 60.7 Å². The number of carbonyl (C=O) groups excluding carboxylic acids is 1. The predicted octanol–water partition coefficient (Wildman–Crippen LogP) is 7.59. The van der Waals surface area contributed by atoms with Crippen molar-refractivity contribution < 1.29 is 4.79 Å². The van der Waals surface area contributed by atoms with Crippen LogP contribution in [0.3, 0.4) is 0 Å². The molecular formula is C26H22Cl3N3O. The van der Waals surface area contributed by atoms with Crippen LogP contribution in [0.1, 0.15) is 34.8 Å². The van der Waals surface area contributed by atoms with Gasteiger partial charge in [-0.1, -0.05) is 65.1 Å². The third-order valence-corrected chi connectivity index (χ3v) is 6.78. The molecule has 0 aliphatic carbocycles. The van der Waals surface area contributed by atoms with E-state index in [0.717, 1.165) is 30.6 Å². The summed E-state index contributed by atoms with van der Waals surface area (Å²) in [4.78, 5) is 18.3. The number of amides is 1. The van der Waals surface area contributed by atoms with Crippen LogP contribution < -0.4 is 10.2 Å². The Labute approximate surface area is 208 Å². The van der Waals surface area contributed by atoms with Gasteiger partial charge in [-0.3, -0.25) is 4.79 Å². The lowest BCUT2D eigenvalue weighted by atomic mass is 9.88. The molecule has 1 saturated heterocycles. The Morgan fingerprint density at radius 1 is 0.970 bits per heavy atom. The summed E-state index contributed by atoms with van der Waals surface area (Å²) in [5.74, 6) is 0.141. The first kappa shape index (κ1) is 23.4. The smallest absolute Gasteiger partial charge is 0.251 e. The van der Waals surface area contributed by atoms with E-state index in [0.29, 0.717) is 32.9 Å². The topological polar surface area (TPSA) is 36.7 Å². The number of benzene rings is 3.